The fourth-order valence-corrected chi connectivity index (χ4v) is 3.02. The number of nitrogens with zero attached hydrogens (tertiary/aromatic N) is 1. The average molecular weight is 385 g/mol. The summed E-state index contributed by atoms with van der Waals surface area (Å²) in [5.74, 6) is 0.879. The number of hydrogen-bond donors (Lipinski definition) is 1. The second-order valence-corrected chi connectivity index (χ2v) is 6.30. The van der Waals surface area contributed by atoms with Gasteiger partial charge in [0.25, 0.3) is 5.91 Å². The smallest absolute Gasteiger partial charge is 0.257 e. The summed E-state index contributed by atoms with van der Waals surface area (Å²) in [6.07, 6.45) is 0.890. The topological polar surface area (TPSA) is 60.5 Å². The Kier molecular flexibility index (Phi) is 5.79. The maximum atomic E-state index is 12.3. The monoisotopic (exact) mass is 384 g/mol. The molecule has 0 saturated heterocycles. The third-order valence-corrected chi connectivity index (χ3v) is 4.25. The highest BCUT2D eigenvalue weighted by molar-refractivity contribution is 9.10. The highest BCUT2D eigenvalue weighted by atomic mass is 79.9. The van der Waals surface area contributed by atoms with Gasteiger partial charge in [0.2, 0.25) is 0 Å². The summed E-state index contributed by atoms with van der Waals surface area (Å²) in [4.78, 5) is 16.5. The van der Waals surface area contributed by atoms with Gasteiger partial charge in [-0.05, 0) is 41.4 Å². The van der Waals surface area contributed by atoms with E-state index in [0.717, 1.165) is 12.1 Å². The highest BCUT2D eigenvalue weighted by Gasteiger charge is 2.16. The third kappa shape index (κ3) is 3.98. The highest BCUT2D eigenvalue weighted by Crippen LogP contribution is 2.37. The molecule has 0 saturated carbocycles. The number of amides is 1. The van der Waals surface area contributed by atoms with Crippen LogP contribution in [0.25, 0.3) is 0 Å². The molecule has 2 rings (SSSR count). The van der Waals surface area contributed by atoms with Crippen molar-refractivity contribution in [2.75, 3.05) is 19.0 Å². The lowest BCUT2D eigenvalue weighted by atomic mass is 10.2. The summed E-state index contributed by atoms with van der Waals surface area (Å²) < 4.78 is 11.7. The van der Waals surface area contributed by atoms with E-state index in [0.29, 0.717) is 33.3 Å². The Hall–Kier alpha value is -1.60. The second-order valence-electron chi connectivity index (χ2n) is 4.59. The fraction of sp³-hybridized carbons (Fsp3) is 0.333. The quantitative estimate of drug-likeness (QED) is 0.807. The molecule has 22 heavy (non-hydrogen) atoms. The van der Waals surface area contributed by atoms with Crippen LogP contribution in [0.1, 0.15) is 29.4 Å². The summed E-state index contributed by atoms with van der Waals surface area (Å²) in [5, 5.41) is 5.23. The molecule has 1 heterocycles. The van der Waals surface area contributed by atoms with Gasteiger partial charge in [-0.2, -0.15) is 0 Å². The Morgan fingerprint density at radius 1 is 1.45 bits per heavy atom. The number of aryl methyl sites for hydroxylation is 1. The van der Waals surface area contributed by atoms with E-state index >= 15 is 0 Å². The Morgan fingerprint density at radius 3 is 2.82 bits per heavy atom. The number of hydrogen-bond acceptors (Lipinski definition) is 5. The van der Waals surface area contributed by atoms with Crippen LogP contribution in [0, 0.1) is 6.92 Å². The van der Waals surface area contributed by atoms with Crippen molar-refractivity contribution < 1.29 is 14.3 Å². The summed E-state index contributed by atoms with van der Waals surface area (Å²) in [7, 11) is 1.55. The van der Waals surface area contributed by atoms with Crippen molar-refractivity contribution in [1.29, 1.82) is 0 Å². The van der Waals surface area contributed by atoms with E-state index in [-0.39, 0.29) is 5.91 Å². The molecule has 0 aliphatic rings. The number of rotatable bonds is 6. The van der Waals surface area contributed by atoms with Crippen molar-refractivity contribution in [1.82, 2.24) is 4.98 Å². The molecule has 0 unspecified atom stereocenters. The van der Waals surface area contributed by atoms with Gasteiger partial charge in [-0.25, -0.2) is 4.98 Å². The van der Waals surface area contributed by atoms with Crippen LogP contribution in [0.15, 0.2) is 22.0 Å². The summed E-state index contributed by atoms with van der Waals surface area (Å²) in [6.45, 7) is 4.49. The normalized spacial score (nSPS) is 10.4. The molecule has 0 spiro atoms. The van der Waals surface area contributed by atoms with E-state index in [4.69, 9.17) is 9.47 Å². The summed E-state index contributed by atoms with van der Waals surface area (Å²) >= 11 is 4.82. The van der Waals surface area contributed by atoms with Crippen molar-refractivity contribution in [3.8, 4) is 11.5 Å². The van der Waals surface area contributed by atoms with Crippen molar-refractivity contribution in [2.45, 2.75) is 20.3 Å². The molecule has 1 N–H and O–H groups in total. The van der Waals surface area contributed by atoms with Gasteiger partial charge in [0, 0.05) is 10.9 Å². The number of carbonyl (C=O) groups excluding carboxylic acids is 1. The number of halogens is 1. The summed E-state index contributed by atoms with van der Waals surface area (Å²) in [5.41, 5.74) is 1.35. The zero-order valence-electron chi connectivity index (χ0n) is 12.6. The maximum Gasteiger partial charge on any atom is 0.257 e. The number of benzene rings is 1. The van der Waals surface area contributed by atoms with Crippen LogP contribution < -0.4 is 14.8 Å². The predicted molar refractivity (Wildman–Crippen MR) is 91.3 cm³/mol. The van der Waals surface area contributed by atoms with Crippen LogP contribution in [0.4, 0.5) is 5.13 Å². The van der Waals surface area contributed by atoms with Crippen molar-refractivity contribution >= 4 is 38.3 Å². The molecular weight excluding hydrogens is 368 g/mol. The first-order valence-corrected chi connectivity index (χ1v) is 8.46. The summed E-state index contributed by atoms with van der Waals surface area (Å²) in [6, 6.07) is 3.37. The molecule has 7 heteroatoms. The number of nitrogens with one attached hydrogen (secondary N) is 1. The molecule has 2 aromatic rings. The van der Waals surface area contributed by atoms with Crippen LogP contribution in [0.2, 0.25) is 0 Å². The lowest BCUT2D eigenvalue weighted by molar-refractivity contribution is 0.102. The molecule has 118 valence electrons. The number of aromatic nitrogens is 1. The van der Waals surface area contributed by atoms with Gasteiger partial charge in [-0.3, -0.25) is 10.1 Å². The van der Waals surface area contributed by atoms with Crippen LogP contribution in [0.3, 0.4) is 0 Å². The minimum Gasteiger partial charge on any atom is -0.493 e. The predicted octanol–water partition coefficient (Wildman–Crippen LogP) is 4.26. The largest absolute Gasteiger partial charge is 0.493 e. The Morgan fingerprint density at radius 2 is 2.23 bits per heavy atom. The van der Waals surface area contributed by atoms with Gasteiger partial charge in [0.05, 0.1) is 23.9 Å². The van der Waals surface area contributed by atoms with E-state index in [2.05, 4.69) is 26.2 Å². The zero-order chi connectivity index (χ0) is 16.1. The minimum atomic E-state index is -0.240. The standard InChI is InChI=1S/C15H17BrN2O3S/c1-4-5-21-13-11(16)6-10(7-12(13)20-3)14(19)18-15-17-9(2)8-22-15/h6-8H,4-5H2,1-3H3,(H,17,18,19). The van der Waals surface area contributed by atoms with Crippen LogP contribution in [0.5, 0.6) is 11.5 Å². The molecule has 0 aliphatic heterocycles. The van der Waals surface area contributed by atoms with Gasteiger partial charge < -0.3 is 9.47 Å². The van der Waals surface area contributed by atoms with Crippen molar-refractivity contribution in [3.63, 3.8) is 0 Å². The Labute approximate surface area is 141 Å². The van der Waals surface area contributed by atoms with Crippen LogP contribution in [-0.4, -0.2) is 24.6 Å². The number of anilines is 1. The van der Waals surface area contributed by atoms with E-state index in [1.807, 2.05) is 19.2 Å². The maximum absolute atomic E-state index is 12.3. The Balaban J connectivity index is 2.23. The fourth-order valence-electron chi connectivity index (χ4n) is 1.78. The Bertz CT molecular complexity index is 673. The van der Waals surface area contributed by atoms with Crippen LogP contribution in [-0.2, 0) is 0 Å². The van der Waals surface area contributed by atoms with Gasteiger partial charge in [0.1, 0.15) is 0 Å². The van der Waals surface area contributed by atoms with E-state index in [9.17, 15) is 4.79 Å². The molecule has 0 fully saturated rings. The van der Waals surface area contributed by atoms with Crippen molar-refractivity contribution in [2.24, 2.45) is 0 Å². The molecule has 0 aliphatic carbocycles. The van der Waals surface area contributed by atoms with Crippen molar-refractivity contribution in [3.05, 3.63) is 33.2 Å². The van der Waals surface area contributed by atoms with E-state index in [1.165, 1.54) is 11.3 Å². The number of methoxy groups -OCH3 is 1. The second kappa shape index (κ2) is 7.60. The minimum absolute atomic E-state index is 0.240. The SMILES string of the molecule is CCCOc1c(Br)cc(C(=O)Nc2nc(C)cs2)cc1OC. The lowest BCUT2D eigenvalue weighted by Gasteiger charge is -2.13. The number of carbonyl (C=O) groups is 1. The molecule has 0 radical (unpaired) electrons. The molecule has 1 aromatic carbocycles. The first kappa shape index (κ1) is 16.8. The van der Waals surface area contributed by atoms with Gasteiger partial charge in [-0.15, -0.1) is 11.3 Å². The van der Waals surface area contributed by atoms with Crippen LogP contribution >= 0.6 is 27.3 Å². The van der Waals surface area contributed by atoms with E-state index in [1.54, 1.807) is 19.2 Å². The average Bonchev–Trinajstić information content (AvgIpc) is 2.90. The first-order chi connectivity index (χ1) is 10.5. The van der Waals surface area contributed by atoms with Gasteiger partial charge >= 0.3 is 0 Å². The number of ether oxygens (including phenoxy) is 2. The molecule has 1 aromatic heterocycles. The molecule has 5 nitrogen and oxygen atoms in total. The molecule has 0 atom stereocenters. The third-order valence-electron chi connectivity index (χ3n) is 2.78. The molecule has 1 amide bonds. The van der Waals surface area contributed by atoms with E-state index < -0.39 is 0 Å². The molecular formula is C15H17BrN2O3S. The molecule has 0 bridgehead atoms. The zero-order valence-corrected chi connectivity index (χ0v) is 15.0. The number of thiazole rings is 1. The lowest BCUT2D eigenvalue weighted by Crippen LogP contribution is -2.12. The van der Waals surface area contributed by atoms with Gasteiger partial charge in [-0.1, -0.05) is 6.92 Å². The van der Waals surface area contributed by atoms with Gasteiger partial charge in [0.15, 0.2) is 16.6 Å². The first-order valence-electron chi connectivity index (χ1n) is 6.79.